The molecule has 9 rings (SSSR count). The van der Waals surface area contributed by atoms with E-state index in [-0.39, 0.29) is 0 Å². The van der Waals surface area contributed by atoms with E-state index in [1.54, 1.807) is 12.4 Å². The highest BCUT2D eigenvalue weighted by atomic mass is 16.3. The smallest absolute Gasteiger partial charge is 0.181 e. The lowest BCUT2D eigenvalue weighted by molar-refractivity contribution is 0.571. The third kappa shape index (κ3) is 4.88. The van der Waals surface area contributed by atoms with Crippen LogP contribution in [0.2, 0.25) is 0 Å². The third-order valence-corrected chi connectivity index (χ3v) is 9.06. The molecule has 0 bridgehead atoms. The Bertz CT molecular complexity index is 2550. The number of nitrogens with zero attached hydrogens (tertiary/aromatic N) is 2. The van der Waals surface area contributed by atoms with Crippen LogP contribution in [0.1, 0.15) is 0 Å². The van der Waals surface area contributed by atoms with E-state index in [1.807, 2.05) is 0 Å². The minimum atomic E-state index is 0.740. The first-order valence-electron chi connectivity index (χ1n) is 15.9. The first kappa shape index (κ1) is 27.8. The van der Waals surface area contributed by atoms with E-state index in [0.717, 1.165) is 39.3 Å². The highest BCUT2D eigenvalue weighted by Crippen LogP contribution is 2.46. The van der Waals surface area contributed by atoms with Gasteiger partial charge in [-0.1, -0.05) is 121 Å². The summed E-state index contributed by atoms with van der Waals surface area (Å²) in [5.41, 5.74) is 11.3. The van der Waals surface area contributed by atoms with Gasteiger partial charge in [-0.15, -0.1) is 0 Å². The van der Waals surface area contributed by atoms with Gasteiger partial charge in [0.2, 0.25) is 0 Å². The van der Waals surface area contributed by atoms with Crippen LogP contribution in [0.15, 0.2) is 180 Å². The lowest BCUT2D eigenvalue weighted by atomic mass is 9.84. The van der Waals surface area contributed by atoms with Crippen molar-refractivity contribution in [3.05, 3.63) is 171 Å². The Balaban J connectivity index is 1.33. The first-order valence-corrected chi connectivity index (χ1v) is 15.9. The summed E-state index contributed by atoms with van der Waals surface area (Å²) in [5.74, 6) is 1.48. The minimum Gasteiger partial charge on any atom is -0.444 e. The van der Waals surface area contributed by atoms with E-state index in [1.165, 1.54) is 62.1 Å². The van der Waals surface area contributed by atoms with E-state index < -0.39 is 0 Å². The highest BCUT2D eigenvalue weighted by Gasteiger charge is 2.19. The van der Waals surface area contributed by atoms with E-state index >= 15 is 0 Å². The van der Waals surface area contributed by atoms with Gasteiger partial charge in [0.1, 0.15) is 0 Å². The van der Waals surface area contributed by atoms with Crippen molar-refractivity contribution < 1.29 is 8.83 Å². The molecule has 0 N–H and O–H groups in total. The second-order valence-corrected chi connectivity index (χ2v) is 11.9. The molecule has 0 radical (unpaired) electrons. The molecule has 0 spiro atoms. The summed E-state index contributed by atoms with van der Waals surface area (Å²) in [7, 11) is 0. The van der Waals surface area contributed by atoms with Gasteiger partial charge in [0, 0.05) is 11.1 Å². The molecule has 0 saturated heterocycles. The van der Waals surface area contributed by atoms with Crippen molar-refractivity contribution in [2.75, 3.05) is 0 Å². The van der Waals surface area contributed by atoms with Crippen LogP contribution in [-0.4, -0.2) is 9.97 Å². The second kappa shape index (κ2) is 11.7. The molecule has 7 aromatic carbocycles. The van der Waals surface area contributed by atoms with Crippen LogP contribution in [0.3, 0.4) is 0 Å². The fraction of sp³-hybridized carbons (Fsp3) is 0. The van der Waals surface area contributed by atoms with E-state index in [4.69, 9.17) is 8.83 Å². The second-order valence-electron chi connectivity index (χ2n) is 11.9. The zero-order chi connectivity index (χ0) is 31.9. The van der Waals surface area contributed by atoms with Crippen molar-refractivity contribution in [1.29, 1.82) is 0 Å². The molecule has 0 aliphatic carbocycles. The molecule has 0 aliphatic heterocycles. The van der Waals surface area contributed by atoms with Crippen LogP contribution in [-0.2, 0) is 0 Å². The van der Waals surface area contributed by atoms with Crippen LogP contribution >= 0.6 is 0 Å². The zero-order valence-corrected chi connectivity index (χ0v) is 25.9. The van der Waals surface area contributed by atoms with Crippen LogP contribution in [0, 0.1) is 0 Å². The highest BCUT2D eigenvalue weighted by molar-refractivity contribution is 6.22. The van der Waals surface area contributed by atoms with Gasteiger partial charge >= 0.3 is 0 Å². The number of hydrogen-bond donors (Lipinski definition) is 0. The van der Waals surface area contributed by atoms with Crippen molar-refractivity contribution in [2.45, 2.75) is 0 Å². The summed E-state index contributed by atoms with van der Waals surface area (Å²) in [6, 6.07) is 52.0. The van der Waals surface area contributed by atoms with E-state index in [2.05, 4.69) is 156 Å². The van der Waals surface area contributed by atoms with Gasteiger partial charge in [-0.05, 0) is 90.3 Å². The summed E-state index contributed by atoms with van der Waals surface area (Å²) >= 11 is 0. The lowest BCUT2D eigenvalue weighted by Gasteiger charge is -2.19. The molecule has 9 aromatic rings. The average Bonchev–Trinajstić information content (AvgIpc) is 3.90. The van der Waals surface area contributed by atoms with Gasteiger partial charge in [0.25, 0.3) is 0 Å². The number of fused-ring (bicyclic) bond motifs is 2. The van der Waals surface area contributed by atoms with Crippen LogP contribution < -0.4 is 0 Å². The minimum absolute atomic E-state index is 0.740. The molecule has 0 aliphatic rings. The standard InChI is InChI=1S/C44H28N2O2/c1-2-9-29(10-3-1)30-11-6-12-31(21-30)32-19-20-39-40(24-32)44(36-16-8-14-34(23-36)42-26-46-28-48-42)38-18-5-4-17-37(38)43(39)35-15-7-13-33(22-35)41-25-45-27-47-41/h1-28H. The molecule has 2 aromatic heterocycles. The van der Waals surface area contributed by atoms with Gasteiger partial charge in [-0.3, -0.25) is 0 Å². The summed E-state index contributed by atoms with van der Waals surface area (Å²) in [4.78, 5) is 8.33. The molecule has 48 heavy (non-hydrogen) atoms. The van der Waals surface area contributed by atoms with Crippen molar-refractivity contribution in [3.63, 3.8) is 0 Å². The van der Waals surface area contributed by atoms with Gasteiger partial charge in [0.05, 0.1) is 12.4 Å². The average molecular weight is 617 g/mol. The van der Waals surface area contributed by atoms with Gasteiger partial charge in [-0.25, -0.2) is 9.97 Å². The summed E-state index contributed by atoms with van der Waals surface area (Å²) in [5, 5.41) is 4.70. The molecule has 4 nitrogen and oxygen atoms in total. The van der Waals surface area contributed by atoms with Crippen molar-refractivity contribution in [3.8, 4) is 67.2 Å². The topological polar surface area (TPSA) is 52.1 Å². The predicted octanol–water partition coefficient (Wildman–Crippen LogP) is 12.0. The Morgan fingerprint density at radius 3 is 1.33 bits per heavy atom. The predicted molar refractivity (Wildman–Crippen MR) is 194 cm³/mol. The molecule has 0 amide bonds. The van der Waals surface area contributed by atoms with Crippen LogP contribution in [0.25, 0.3) is 88.7 Å². The number of rotatable bonds is 6. The molecule has 4 heteroatoms. The number of hydrogen-bond acceptors (Lipinski definition) is 4. The fourth-order valence-corrected chi connectivity index (χ4v) is 6.86. The quantitative estimate of drug-likeness (QED) is 0.174. The van der Waals surface area contributed by atoms with E-state index in [0.29, 0.717) is 0 Å². The van der Waals surface area contributed by atoms with Gasteiger partial charge < -0.3 is 8.83 Å². The van der Waals surface area contributed by atoms with Crippen molar-refractivity contribution in [2.24, 2.45) is 0 Å². The molecule has 226 valence electrons. The lowest BCUT2D eigenvalue weighted by Crippen LogP contribution is -1.92. The Morgan fingerprint density at radius 2 is 0.750 bits per heavy atom. The maximum atomic E-state index is 5.71. The van der Waals surface area contributed by atoms with Gasteiger partial charge in [0.15, 0.2) is 24.3 Å². The number of aromatic nitrogens is 2. The van der Waals surface area contributed by atoms with Crippen LogP contribution in [0.4, 0.5) is 0 Å². The Labute approximate surface area is 277 Å². The Morgan fingerprint density at radius 1 is 0.312 bits per heavy atom. The molecule has 0 atom stereocenters. The summed E-state index contributed by atoms with van der Waals surface area (Å²) < 4.78 is 11.4. The third-order valence-electron chi connectivity index (χ3n) is 9.06. The molecule has 2 heterocycles. The van der Waals surface area contributed by atoms with Gasteiger partial charge in [-0.2, -0.15) is 0 Å². The Hall–Kier alpha value is -6.52. The first-order chi connectivity index (χ1) is 23.8. The SMILES string of the molecule is c1ccc(-c2cccc(-c3ccc4c(-c5cccc(-c6cnco6)c5)c5ccccc5c(-c5cccc(-c6cnco6)c5)c4c3)c2)cc1. The summed E-state index contributed by atoms with van der Waals surface area (Å²) in [6.07, 6.45) is 6.47. The number of benzene rings is 7. The molecular formula is C44H28N2O2. The maximum absolute atomic E-state index is 5.71. The number of oxazole rings is 2. The van der Waals surface area contributed by atoms with Crippen LogP contribution in [0.5, 0.6) is 0 Å². The normalized spacial score (nSPS) is 11.3. The summed E-state index contributed by atoms with van der Waals surface area (Å²) in [6.45, 7) is 0. The largest absolute Gasteiger partial charge is 0.444 e. The molecular weight excluding hydrogens is 588 g/mol. The molecule has 0 unspecified atom stereocenters. The molecule has 0 saturated carbocycles. The fourth-order valence-electron chi connectivity index (χ4n) is 6.86. The van der Waals surface area contributed by atoms with E-state index in [9.17, 15) is 0 Å². The monoisotopic (exact) mass is 616 g/mol. The molecule has 0 fully saturated rings. The Kier molecular flexibility index (Phi) is 6.76. The van der Waals surface area contributed by atoms with Crippen molar-refractivity contribution >= 4 is 21.5 Å². The zero-order valence-electron chi connectivity index (χ0n) is 25.9. The van der Waals surface area contributed by atoms with Crippen molar-refractivity contribution in [1.82, 2.24) is 9.97 Å². The maximum Gasteiger partial charge on any atom is 0.181 e.